The standard InChI is InChI=1S/C12H19N3O3/c1-9(2)17-5-6-18-12(16)8-15-7-11(13-14-15)10-3-4-10/h7,9-10H,3-6,8H2,1-2H3. The number of nitrogens with zero attached hydrogens (tertiary/aromatic N) is 3. The van der Waals surface area contributed by atoms with Crippen LogP contribution in [0.15, 0.2) is 6.20 Å². The molecule has 1 aliphatic carbocycles. The Balaban J connectivity index is 1.66. The van der Waals surface area contributed by atoms with Gasteiger partial charge in [0.15, 0.2) is 0 Å². The zero-order valence-corrected chi connectivity index (χ0v) is 10.8. The Hall–Kier alpha value is -1.43. The molecule has 0 bridgehead atoms. The van der Waals surface area contributed by atoms with Gasteiger partial charge >= 0.3 is 5.97 Å². The fourth-order valence-electron chi connectivity index (χ4n) is 1.57. The molecule has 0 atom stereocenters. The van der Waals surface area contributed by atoms with Crippen molar-refractivity contribution in [2.45, 2.75) is 45.3 Å². The first kappa shape index (κ1) is 13.0. The van der Waals surface area contributed by atoms with E-state index in [2.05, 4.69) is 10.3 Å². The van der Waals surface area contributed by atoms with E-state index in [0.717, 1.165) is 5.69 Å². The minimum atomic E-state index is -0.311. The lowest BCUT2D eigenvalue weighted by Gasteiger charge is -2.07. The number of carbonyl (C=O) groups excluding carboxylic acids is 1. The van der Waals surface area contributed by atoms with E-state index in [0.29, 0.717) is 12.5 Å². The number of esters is 1. The van der Waals surface area contributed by atoms with E-state index in [1.54, 1.807) is 0 Å². The number of rotatable bonds is 7. The second-order valence-corrected chi connectivity index (χ2v) is 4.76. The highest BCUT2D eigenvalue weighted by Gasteiger charge is 2.26. The van der Waals surface area contributed by atoms with Gasteiger partial charge in [-0.15, -0.1) is 5.10 Å². The average Bonchev–Trinajstić information content (AvgIpc) is 3.06. The summed E-state index contributed by atoms with van der Waals surface area (Å²) >= 11 is 0. The first-order valence-corrected chi connectivity index (χ1v) is 6.32. The minimum absolute atomic E-state index is 0.112. The lowest BCUT2D eigenvalue weighted by atomic mass is 10.3. The molecule has 18 heavy (non-hydrogen) atoms. The summed E-state index contributed by atoms with van der Waals surface area (Å²) in [5.74, 6) is 0.240. The van der Waals surface area contributed by atoms with Gasteiger partial charge in [0, 0.05) is 12.1 Å². The molecule has 0 unspecified atom stereocenters. The summed E-state index contributed by atoms with van der Waals surface area (Å²) in [6.07, 6.45) is 4.33. The molecule has 1 aromatic heterocycles. The van der Waals surface area contributed by atoms with E-state index in [1.165, 1.54) is 17.5 Å². The highest BCUT2D eigenvalue weighted by atomic mass is 16.6. The van der Waals surface area contributed by atoms with E-state index in [4.69, 9.17) is 9.47 Å². The van der Waals surface area contributed by atoms with Gasteiger partial charge in [0.1, 0.15) is 13.2 Å². The third-order valence-corrected chi connectivity index (χ3v) is 2.64. The molecule has 0 amide bonds. The summed E-state index contributed by atoms with van der Waals surface area (Å²) in [7, 11) is 0. The summed E-state index contributed by atoms with van der Waals surface area (Å²) in [6.45, 7) is 4.70. The van der Waals surface area contributed by atoms with Crippen LogP contribution in [0.3, 0.4) is 0 Å². The molecule has 6 nitrogen and oxygen atoms in total. The zero-order valence-electron chi connectivity index (χ0n) is 10.8. The predicted octanol–water partition coefficient (Wildman–Crippen LogP) is 1.12. The van der Waals surface area contributed by atoms with Gasteiger partial charge in [-0.05, 0) is 26.7 Å². The van der Waals surface area contributed by atoms with Crippen molar-refractivity contribution >= 4 is 5.97 Å². The lowest BCUT2D eigenvalue weighted by Crippen LogP contribution is -2.18. The van der Waals surface area contributed by atoms with Crippen LogP contribution in [0.4, 0.5) is 0 Å². The average molecular weight is 253 g/mol. The summed E-state index contributed by atoms with van der Waals surface area (Å²) in [6, 6.07) is 0. The molecular weight excluding hydrogens is 234 g/mol. The maximum Gasteiger partial charge on any atom is 0.327 e. The van der Waals surface area contributed by atoms with Crippen LogP contribution in [0.5, 0.6) is 0 Å². The number of carbonyl (C=O) groups is 1. The van der Waals surface area contributed by atoms with Gasteiger partial charge in [0.25, 0.3) is 0 Å². The number of hydrogen-bond acceptors (Lipinski definition) is 5. The smallest absolute Gasteiger partial charge is 0.327 e. The molecule has 100 valence electrons. The first-order chi connectivity index (χ1) is 8.65. The van der Waals surface area contributed by atoms with E-state index < -0.39 is 0 Å². The van der Waals surface area contributed by atoms with Crippen LogP contribution >= 0.6 is 0 Å². The van der Waals surface area contributed by atoms with E-state index >= 15 is 0 Å². The zero-order chi connectivity index (χ0) is 13.0. The molecule has 0 aliphatic heterocycles. The lowest BCUT2D eigenvalue weighted by molar-refractivity contribution is -0.146. The third-order valence-electron chi connectivity index (χ3n) is 2.64. The molecule has 1 aliphatic rings. The van der Waals surface area contributed by atoms with Crippen molar-refractivity contribution in [3.05, 3.63) is 11.9 Å². The van der Waals surface area contributed by atoms with Gasteiger partial charge < -0.3 is 9.47 Å². The molecule has 0 aromatic carbocycles. The van der Waals surface area contributed by atoms with Crippen LogP contribution in [0, 0.1) is 0 Å². The first-order valence-electron chi connectivity index (χ1n) is 6.32. The quantitative estimate of drug-likeness (QED) is 0.538. The summed E-state index contributed by atoms with van der Waals surface area (Å²) < 4.78 is 11.8. The number of ether oxygens (including phenoxy) is 2. The summed E-state index contributed by atoms with van der Waals surface area (Å²) in [4.78, 5) is 11.5. The number of aromatic nitrogens is 3. The van der Waals surface area contributed by atoms with Crippen molar-refractivity contribution in [1.29, 1.82) is 0 Å². The molecular formula is C12H19N3O3. The minimum Gasteiger partial charge on any atom is -0.462 e. The van der Waals surface area contributed by atoms with Gasteiger partial charge in [-0.1, -0.05) is 5.21 Å². The Morgan fingerprint density at radius 3 is 2.94 bits per heavy atom. The Morgan fingerprint density at radius 1 is 1.50 bits per heavy atom. The normalized spacial score (nSPS) is 15.1. The van der Waals surface area contributed by atoms with Gasteiger partial charge in [-0.2, -0.15) is 0 Å². The Kier molecular flexibility index (Phi) is 4.30. The summed E-state index contributed by atoms with van der Waals surface area (Å²) in [5.41, 5.74) is 0.978. The maximum absolute atomic E-state index is 11.5. The molecule has 6 heteroatoms. The molecule has 1 aromatic rings. The highest BCUT2D eigenvalue weighted by molar-refractivity contribution is 5.68. The Bertz CT molecular complexity index is 399. The van der Waals surface area contributed by atoms with Crippen molar-refractivity contribution in [3.63, 3.8) is 0 Å². The molecule has 0 spiro atoms. The topological polar surface area (TPSA) is 66.2 Å². The monoisotopic (exact) mass is 253 g/mol. The van der Waals surface area contributed by atoms with Gasteiger partial charge in [-0.3, -0.25) is 4.79 Å². The summed E-state index contributed by atoms with van der Waals surface area (Å²) in [5, 5.41) is 7.94. The van der Waals surface area contributed by atoms with Gasteiger partial charge in [-0.25, -0.2) is 4.68 Å². The SMILES string of the molecule is CC(C)OCCOC(=O)Cn1cc(C2CC2)nn1. The highest BCUT2D eigenvalue weighted by Crippen LogP contribution is 2.38. The molecule has 0 N–H and O–H groups in total. The van der Waals surface area contributed by atoms with Crippen molar-refractivity contribution in [1.82, 2.24) is 15.0 Å². The molecule has 0 saturated heterocycles. The second-order valence-electron chi connectivity index (χ2n) is 4.76. The third kappa shape index (κ3) is 4.10. The van der Waals surface area contributed by atoms with E-state index in [1.807, 2.05) is 20.0 Å². The van der Waals surface area contributed by atoms with Crippen LogP contribution in [0.2, 0.25) is 0 Å². The van der Waals surface area contributed by atoms with Crippen molar-refractivity contribution < 1.29 is 14.3 Å². The van der Waals surface area contributed by atoms with Crippen LogP contribution in [0.1, 0.15) is 38.3 Å². The van der Waals surface area contributed by atoms with E-state index in [9.17, 15) is 4.79 Å². The van der Waals surface area contributed by atoms with Crippen LogP contribution in [0.25, 0.3) is 0 Å². The largest absolute Gasteiger partial charge is 0.462 e. The van der Waals surface area contributed by atoms with Crippen molar-refractivity contribution in [3.8, 4) is 0 Å². The molecule has 0 radical (unpaired) electrons. The van der Waals surface area contributed by atoms with Crippen LogP contribution in [-0.2, 0) is 20.8 Å². The van der Waals surface area contributed by atoms with E-state index in [-0.39, 0.29) is 25.2 Å². The van der Waals surface area contributed by atoms with Crippen LogP contribution < -0.4 is 0 Å². The Morgan fingerprint density at radius 2 is 2.28 bits per heavy atom. The fraction of sp³-hybridized carbons (Fsp3) is 0.750. The Labute approximate surface area is 106 Å². The number of hydrogen-bond donors (Lipinski definition) is 0. The second kappa shape index (κ2) is 5.95. The van der Waals surface area contributed by atoms with Crippen molar-refractivity contribution in [2.75, 3.05) is 13.2 Å². The van der Waals surface area contributed by atoms with Gasteiger partial charge in [0.05, 0.1) is 18.4 Å². The van der Waals surface area contributed by atoms with Crippen LogP contribution in [-0.4, -0.2) is 40.3 Å². The molecule has 1 fully saturated rings. The maximum atomic E-state index is 11.5. The fourth-order valence-corrected chi connectivity index (χ4v) is 1.57. The van der Waals surface area contributed by atoms with Crippen molar-refractivity contribution in [2.24, 2.45) is 0 Å². The molecule has 2 rings (SSSR count). The van der Waals surface area contributed by atoms with Gasteiger partial charge in [0.2, 0.25) is 0 Å². The molecule has 1 saturated carbocycles. The molecule has 1 heterocycles. The predicted molar refractivity (Wildman–Crippen MR) is 64.0 cm³/mol.